The Hall–Kier alpha value is -4.45. The standard InChI is InChI=1S/C47H46NO4P/c1-35(37-23-11-5-12-24-37)48(36(2)38-25-13-6-14-26-38)53-51-46(39-27-15-7-16-28-39,40-29-17-8-18-30-40)43-44(50-45(3,4)49-43)47(52-53,41-31-19-9-20-32-41)42-33-21-10-22-34-42/h5-36,43-44H,1-4H3. The number of nitrogens with zero attached hydrogens (tertiary/aromatic N) is 1. The zero-order valence-corrected chi connectivity index (χ0v) is 31.6. The quantitative estimate of drug-likeness (QED) is 0.139. The van der Waals surface area contributed by atoms with Gasteiger partial charge in [0.2, 0.25) is 0 Å². The summed E-state index contributed by atoms with van der Waals surface area (Å²) in [5, 5.41) is 0. The van der Waals surface area contributed by atoms with Crippen molar-refractivity contribution >= 4 is 8.53 Å². The lowest BCUT2D eigenvalue weighted by Crippen LogP contribution is -2.53. The van der Waals surface area contributed by atoms with Gasteiger partial charge in [0.1, 0.15) is 12.2 Å². The third kappa shape index (κ3) is 6.46. The van der Waals surface area contributed by atoms with Crippen molar-refractivity contribution in [1.29, 1.82) is 0 Å². The second kappa shape index (κ2) is 14.8. The van der Waals surface area contributed by atoms with Crippen LogP contribution in [0, 0.1) is 0 Å². The Bertz CT molecular complexity index is 1840. The summed E-state index contributed by atoms with van der Waals surface area (Å²) in [4.78, 5) is 0. The van der Waals surface area contributed by atoms with Gasteiger partial charge in [-0.3, -0.25) is 0 Å². The molecule has 6 aromatic rings. The molecule has 0 aromatic heterocycles. The molecule has 0 saturated carbocycles. The van der Waals surface area contributed by atoms with E-state index in [4.69, 9.17) is 18.5 Å². The first-order valence-corrected chi connectivity index (χ1v) is 19.6. The molecule has 4 atom stereocenters. The predicted molar refractivity (Wildman–Crippen MR) is 212 cm³/mol. The summed E-state index contributed by atoms with van der Waals surface area (Å²) in [5.41, 5.74) is 3.90. The molecule has 53 heavy (non-hydrogen) atoms. The van der Waals surface area contributed by atoms with E-state index in [-0.39, 0.29) is 12.1 Å². The molecule has 268 valence electrons. The van der Waals surface area contributed by atoms with Crippen molar-refractivity contribution in [2.75, 3.05) is 0 Å². The highest BCUT2D eigenvalue weighted by Crippen LogP contribution is 2.68. The van der Waals surface area contributed by atoms with E-state index in [0.29, 0.717) is 0 Å². The van der Waals surface area contributed by atoms with E-state index in [1.807, 2.05) is 38.1 Å². The fraction of sp³-hybridized carbons (Fsp3) is 0.234. The average Bonchev–Trinajstić information content (AvgIpc) is 3.50. The van der Waals surface area contributed by atoms with Crippen LogP contribution in [0.5, 0.6) is 0 Å². The van der Waals surface area contributed by atoms with Gasteiger partial charge in [-0.15, -0.1) is 0 Å². The molecular weight excluding hydrogens is 673 g/mol. The zero-order valence-electron chi connectivity index (χ0n) is 30.7. The molecule has 4 unspecified atom stereocenters. The van der Waals surface area contributed by atoms with Crippen molar-refractivity contribution in [3.8, 4) is 0 Å². The number of benzene rings is 6. The monoisotopic (exact) mass is 719 g/mol. The Morgan fingerprint density at radius 2 is 0.698 bits per heavy atom. The van der Waals surface area contributed by atoms with Gasteiger partial charge >= 0.3 is 0 Å². The Labute approximate surface area is 315 Å². The van der Waals surface area contributed by atoms with Gasteiger partial charge in [0.05, 0.1) is 0 Å². The van der Waals surface area contributed by atoms with Crippen molar-refractivity contribution < 1.29 is 18.5 Å². The average molecular weight is 720 g/mol. The van der Waals surface area contributed by atoms with Crippen LogP contribution in [0.15, 0.2) is 182 Å². The van der Waals surface area contributed by atoms with E-state index in [9.17, 15) is 0 Å². The van der Waals surface area contributed by atoms with Gasteiger partial charge in [-0.05, 0) is 61.1 Å². The summed E-state index contributed by atoms with van der Waals surface area (Å²) in [5.74, 6) is -0.958. The second-order valence-corrected chi connectivity index (χ2v) is 15.7. The first-order chi connectivity index (χ1) is 25.8. The van der Waals surface area contributed by atoms with E-state index in [1.165, 1.54) is 0 Å². The van der Waals surface area contributed by atoms with E-state index in [2.05, 4.69) is 176 Å². The van der Waals surface area contributed by atoms with Crippen molar-refractivity contribution in [1.82, 2.24) is 4.67 Å². The van der Waals surface area contributed by atoms with Crippen molar-refractivity contribution in [3.05, 3.63) is 215 Å². The van der Waals surface area contributed by atoms with Crippen molar-refractivity contribution in [2.45, 2.75) is 69.0 Å². The van der Waals surface area contributed by atoms with Crippen molar-refractivity contribution in [2.24, 2.45) is 0 Å². The molecule has 5 nitrogen and oxygen atoms in total. The highest BCUT2D eigenvalue weighted by molar-refractivity contribution is 7.44. The first kappa shape index (κ1) is 35.6. The smallest absolute Gasteiger partial charge is 0.262 e. The van der Waals surface area contributed by atoms with Gasteiger partial charge in [0.15, 0.2) is 17.0 Å². The fourth-order valence-electron chi connectivity index (χ4n) is 8.15. The van der Waals surface area contributed by atoms with Crippen LogP contribution in [0.1, 0.15) is 73.2 Å². The van der Waals surface area contributed by atoms with Crippen LogP contribution < -0.4 is 0 Å². The van der Waals surface area contributed by atoms with Gasteiger partial charge in [-0.2, -0.15) is 0 Å². The number of rotatable bonds is 9. The van der Waals surface area contributed by atoms with Crippen LogP contribution in [-0.2, 0) is 29.7 Å². The minimum atomic E-state index is -1.94. The summed E-state index contributed by atoms with van der Waals surface area (Å²) < 4.78 is 32.9. The van der Waals surface area contributed by atoms with Crippen LogP contribution in [0.25, 0.3) is 0 Å². The summed E-state index contributed by atoms with van der Waals surface area (Å²) in [7, 11) is -1.94. The van der Waals surface area contributed by atoms with Crippen LogP contribution in [0.2, 0.25) is 0 Å². The number of fused-ring (bicyclic) bond motifs is 1. The van der Waals surface area contributed by atoms with Gasteiger partial charge < -0.3 is 18.5 Å². The lowest BCUT2D eigenvalue weighted by molar-refractivity contribution is -0.175. The van der Waals surface area contributed by atoms with E-state index in [1.54, 1.807) is 0 Å². The molecule has 0 amide bonds. The maximum absolute atomic E-state index is 7.99. The van der Waals surface area contributed by atoms with Gasteiger partial charge in [-0.25, -0.2) is 4.67 Å². The number of hydrogen-bond donors (Lipinski definition) is 0. The molecule has 6 heteroatoms. The maximum Gasteiger partial charge on any atom is 0.262 e. The highest BCUT2D eigenvalue weighted by atomic mass is 31.2. The minimum Gasteiger partial charge on any atom is -0.341 e. The highest BCUT2D eigenvalue weighted by Gasteiger charge is 2.67. The zero-order chi connectivity index (χ0) is 36.5. The Kier molecular flexibility index (Phi) is 9.91. The molecule has 8 rings (SSSR count). The van der Waals surface area contributed by atoms with E-state index >= 15 is 0 Å². The largest absolute Gasteiger partial charge is 0.341 e. The molecule has 2 heterocycles. The first-order valence-electron chi connectivity index (χ1n) is 18.5. The number of ether oxygens (including phenoxy) is 2. The number of hydrogen-bond acceptors (Lipinski definition) is 5. The topological polar surface area (TPSA) is 40.2 Å². The van der Waals surface area contributed by atoms with Crippen molar-refractivity contribution in [3.63, 3.8) is 0 Å². The third-order valence-electron chi connectivity index (χ3n) is 10.7. The Morgan fingerprint density at radius 1 is 0.434 bits per heavy atom. The van der Waals surface area contributed by atoms with Crippen LogP contribution in [0.4, 0.5) is 0 Å². The molecule has 6 aromatic carbocycles. The van der Waals surface area contributed by atoms with E-state index in [0.717, 1.165) is 33.4 Å². The summed E-state index contributed by atoms with van der Waals surface area (Å²) in [6.07, 6.45) is -1.28. The SMILES string of the molecule is CC(c1ccccc1)N(C(C)c1ccccc1)P1OC(c2ccccc2)(c2ccccc2)C2OC(C)(C)OC2C(c2ccccc2)(c2ccccc2)O1. The molecule has 0 spiro atoms. The minimum absolute atomic E-state index is 0.109. The van der Waals surface area contributed by atoms with Gasteiger partial charge in [0.25, 0.3) is 8.53 Å². The molecule has 2 saturated heterocycles. The molecule has 2 aliphatic rings. The fourth-order valence-corrected chi connectivity index (χ4v) is 10.3. The summed E-state index contributed by atoms with van der Waals surface area (Å²) >= 11 is 0. The molecule has 2 fully saturated rings. The van der Waals surface area contributed by atoms with Gasteiger partial charge in [0, 0.05) is 12.1 Å². The lowest BCUT2D eigenvalue weighted by atomic mass is 9.72. The van der Waals surface area contributed by atoms with Crippen LogP contribution in [-0.4, -0.2) is 22.7 Å². The molecular formula is C47H46NO4P. The molecule has 0 N–H and O–H groups in total. The normalized spacial score (nSPS) is 22.7. The Morgan fingerprint density at radius 3 is 0.981 bits per heavy atom. The van der Waals surface area contributed by atoms with E-state index < -0.39 is 37.7 Å². The second-order valence-electron chi connectivity index (χ2n) is 14.4. The summed E-state index contributed by atoms with van der Waals surface area (Å²) in [6, 6.07) is 63.1. The summed E-state index contributed by atoms with van der Waals surface area (Å²) in [6.45, 7) is 8.50. The molecule has 0 radical (unpaired) electrons. The molecule has 2 aliphatic heterocycles. The third-order valence-corrected chi connectivity index (χ3v) is 12.7. The van der Waals surface area contributed by atoms with Gasteiger partial charge in [-0.1, -0.05) is 182 Å². The van der Waals surface area contributed by atoms with Crippen LogP contribution >= 0.6 is 8.53 Å². The van der Waals surface area contributed by atoms with Crippen LogP contribution in [0.3, 0.4) is 0 Å². The molecule has 0 aliphatic carbocycles. The maximum atomic E-state index is 7.99. The predicted octanol–water partition coefficient (Wildman–Crippen LogP) is 11.5. The molecule has 0 bridgehead atoms. The lowest BCUT2D eigenvalue weighted by Gasteiger charge is -2.45. The Balaban J connectivity index is 1.47.